The summed E-state index contributed by atoms with van der Waals surface area (Å²) in [5.74, 6) is 6.31. The minimum Gasteiger partial charge on any atom is -0.0985 e. The Kier molecular flexibility index (Phi) is 13.7. The van der Waals surface area contributed by atoms with Crippen LogP contribution in [0.15, 0.2) is 12.2 Å². The van der Waals surface area contributed by atoms with Crippen molar-refractivity contribution in [1.82, 2.24) is 0 Å². The molecule has 0 heterocycles. The van der Waals surface area contributed by atoms with Gasteiger partial charge >= 0.3 is 0 Å². The van der Waals surface area contributed by atoms with Gasteiger partial charge in [-0.1, -0.05) is 76.7 Å². The molecule has 0 heteroatoms. The van der Waals surface area contributed by atoms with Crippen molar-refractivity contribution in [2.75, 3.05) is 0 Å². The Morgan fingerprint density at radius 2 is 1.50 bits per heavy atom. The molecule has 0 unspecified atom stereocenters. The second-order valence-corrected chi connectivity index (χ2v) is 4.38. The van der Waals surface area contributed by atoms with E-state index in [0.717, 1.165) is 12.8 Å². The van der Waals surface area contributed by atoms with E-state index in [1.165, 1.54) is 51.4 Å². The summed E-state index contributed by atoms with van der Waals surface area (Å²) in [6.07, 6.45) is 17.2. The molecule has 0 aliphatic rings. The molecule has 0 saturated carbocycles. The van der Waals surface area contributed by atoms with Crippen molar-refractivity contribution in [3.8, 4) is 11.8 Å². The summed E-state index contributed by atoms with van der Waals surface area (Å²) in [6, 6.07) is 0. The van der Waals surface area contributed by atoms with Crippen LogP contribution < -0.4 is 0 Å². The van der Waals surface area contributed by atoms with Gasteiger partial charge in [0, 0.05) is 6.42 Å². The smallest absolute Gasteiger partial charge is 0.00922 e. The predicted molar refractivity (Wildman–Crippen MR) is 74.4 cm³/mol. The van der Waals surface area contributed by atoms with Gasteiger partial charge in [0.1, 0.15) is 0 Å². The van der Waals surface area contributed by atoms with Gasteiger partial charge in [0.15, 0.2) is 0 Å². The quantitative estimate of drug-likeness (QED) is 0.356. The van der Waals surface area contributed by atoms with Crippen LogP contribution in [0.1, 0.15) is 78.1 Å². The molecule has 0 radical (unpaired) electrons. The Bertz CT molecular complexity index is 202. The average Bonchev–Trinajstić information content (AvgIpc) is 2.31. The van der Waals surface area contributed by atoms with Crippen LogP contribution in [0, 0.1) is 11.8 Å². The van der Waals surface area contributed by atoms with Crippen LogP contribution in [-0.2, 0) is 0 Å². The highest BCUT2D eigenvalue weighted by atomic mass is 13.9. The highest BCUT2D eigenvalue weighted by molar-refractivity contribution is 5.14. The van der Waals surface area contributed by atoms with E-state index in [2.05, 4.69) is 31.8 Å². The third kappa shape index (κ3) is 13.3. The topological polar surface area (TPSA) is 0 Å². The van der Waals surface area contributed by atoms with Crippen LogP contribution in [0.4, 0.5) is 0 Å². The average molecular weight is 220 g/mol. The van der Waals surface area contributed by atoms with Gasteiger partial charge in [-0.3, -0.25) is 0 Å². The van der Waals surface area contributed by atoms with Gasteiger partial charge in [0.25, 0.3) is 0 Å². The number of hydrogen-bond acceptors (Lipinski definition) is 0. The standard InChI is InChI=1S/C16H28/c1-3-5-7-9-11-13-15-16-14-12-10-8-6-4-2/h7,9H,3-6,8,10,12,14-16H2,1-2H3/b9-7-. The molecule has 0 spiro atoms. The first kappa shape index (κ1) is 15.3. The van der Waals surface area contributed by atoms with E-state index in [1.807, 2.05) is 6.08 Å². The molecule has 0 saturated heterocycles. The second-order valence-electron chi connectivity index (χ2n) is 4.38. The molecule has 0 N–H and O–H groups in total. The normalized spacial score (nSPS) is 10.4. The van der Waals surface area contributed by atoms with Crippen molar-refractivity contribution in [3.63, 3.8) is 0 Å². The van der Waals surface area contributed by atoms with Crippen molar-refractivity contribution in [3.05, 3.63) is 12.2 Å². The molecule has 0 aliphatic heterocycles. The maximum atomic E-state index is 3.21. The molecule has 16 heavy (non-hydrogen) atoms. The summed E-state index contributed by atoms with van der Waals surface area (Å²) >= 11 is 0. The maximum absolute atomic E-state index is 3.21. The Morgan fingerprint density at radius 1 is 0.812 bits per heavy atom. The number of rotatable bonds is 9. The summed E-state index contributed by atoms with van der Waals surface area (Å²) < 4.78 is 0. The molecular weight excluding hydrogens is 192 g/mol. The first-order chi connectivity index (χ1) is 7.91. The Morgan fingerprint density at radius 3 is 2.19 bits per heavy atom. The lowest BCUT2D eigenvalue weighted by Gasteiger charge is -1.97. The van der Waals surface area contributed by atoms with E-state index < -0.39 is 0 Å². The predicted octanol–water partition coefficient (Wildman–Crippen LogP) is 5.49. The van der Waals surface area contributed by atoms with Crippen LogP contribution in [0.25, 0.3) is 0 Å². The monoisotopic (exact) mass is 220 g/mol. The lowest BCUT2D eigenvalue weighted by atomic mass is 10.1. The fraction of sp³-hybridized carbons (Fsp3) is 0.750. The Balaban J connectivity index is 3.13. The van der Waals surface area contributed by atoms with Crippen molar-refractivity contribution in [2.24, 2.45) is 0 Å². The minimum absolute atomic E-state index is 1.07. The highest BCUT2D eigenvalue weighted by Crippen LogP contribution is 2.07. The SMILES string of the molecule is CCC/C=C\C#CCCCCCCCCC. The lowest BCUT2D eigenvalue weighted by Crippen LogP contribution is -1.78. The van der Waals surface area contributed by atoms with Crippen LogP contribution in [0.5, 0.6) is 0 Å². The largest absolute Gasteiger partial charge is 0.0985 e. The van der Waals surface area contributed by atoms with Crippen LogP contribution in [-0.4, -0.2) is 0 Å². The fourth-order valence-corrected chi connectivity index (χ4v) is 1.61. The molecule has 0 aromatic carbocycles. The molecule has 0 aliphatic carbocycles. The Labute approximate surface area is 103 Å². The fourth-order valence-electron chi connectivity index (χ4n) is 1.61. The van der Waals surface area contributed by atoms with E-state index >= 15 is 0 Å². The number of hydrogen-bond donors (Lipinski definition) is 0. The van der Waals surface area contributed by atoms with Gasteiger partial charge in [0.05, 0.1) is 0 Å². The summed E-state index contributed by atoms with van der Waals surface area (Å²) in [6.45, 7) is 4.46. The Hall–Kier alpha value is -0.700. The zero-order chi connectivity index (χ0) is 11.9. The van der Waals surface area contributed by atoms with Gasteiger partial charge in [-0.15, -0.1) is 0 Å². The molecular formula is C16H28. The molecule has 0 aromatic rings. The van der Waals surface area contributed by atoms with Gasteiger partial charge in [-0.2, -0.15) is 0 Å². The molecule has 0 atom stereocenters. The van der Waals surface area contributed by atoms with Gasteiger partial charge < -0.3 is 0 Å². The van der Waals surface area contributed by atoms with Crippen molar-refractivity contribution in [2.45, 2.75) is 78.1 Å². The van der Waals surface area contributed by atoms with E-state index in [-0.39, 0.29) is 0 Å². The first-order valence-electron chi connectivity index (χ1n) is 7.05. The van der Waals surface area contributed by atoms with Crippen LogP contribution in [0.3, 0.4) is 0 Å². The van der Waals surface area contributed by atoms with Gasteiger partial charge in [-0.25, -0.2) is 0 Å². The van der Waals surface area contributed by atoms with E-state index in [0.29, 0.717) is 0 Å². The van der Waals surface area contributed by atoms with Crippen LogP contribution in [0.2, 0.25) is 0 Å². The summed E-state index contributed by atoms with van der Waals surface area (Å²) in [7, 11) is 0. The molecule has 0 fully saturated rings. The molecule has 0 rings (SSSR count). The van der Waals surface area contributed by atoms with Gasteiger partial charge in [-0.05, 0) is 18.9 Å². The maximum Gasteiger partial charge on any atom is 0.00922 e. The summed E-state index contributed by atoms with van der Waals surface area (Å²) in [5.41, 5.74) is 0. The molecule has 0 bridgehead atoms. The lowest BCUT2D eigenvalue weighted by molar-refractivity contribution is 0.594. The highest BCUT2D eigenvalue weighted by Gasteiger charge is 1.88. The van der Waals surface area contributed by atoms with Crippen molar-refractivity contribution < 1.29 is 0 Å². The second kappa shape index (κ2) is 14.3. The van der Waals surface area contributed by atoms with E-state index in [1.54, 1.807) is 0 Å². The van der Waals surface area contributed by atoms with E-state index in [9.17, 15) is 0 Å². The summed E-state index contributed by atoms with van der Waals surface area (Å²) in [4.78, 5) is 0. The number of unbranched alkanes of at least 4 members (excludes halogenated alkanes) is 8. The minimum atomic E-state index is 1.07. The third-order valence-corrected chi connectivity index (χ3v) is 2.66. The molecule has 0 nitrogen and oxygen atoms in total. The third-order valence-electron chi connectivity index (χ3n) is 2.66. The number of allylic oxidation sites excluding steroid dienone is 2. The van der Waals surface area contributed by atoms with Crippen molar-refractivity contribution in [1.29, 1.82) is 0 Å². The molecule has 92 valence electrons. The first-order valence-corrected chi connectivity index (χ1v) is 7.05. The molecule has 0 amide bonds. The van der Waals surface area contributed by atoms with Crippen molar-refractivity contribution >= 4 is 0 Å². The zero-order valence-electron chi connectivity index (χ0n) is 11.2. The molecule has 0 aromatic heterocycles. The summed E-state index contributed by atoms with van der Waals surface area (Å²) in [5, 5.41) is 0. The van der Waals surface area contributed by atoms with Crippen LogP contribution >= 0.6 is 0 Å². The van der Waals surface area contributed by atoms with Gasteiger partial charge in [0.2, 0.25) is 0 Å². The van der Waals surface area contributed by atoms with E-state index in [4.69, 9.17) is 0 Å². The zero-order valence-corrected chi connectivity index (χ0v) is 11.2.